The zero-order valence-electron chi connectivity index (χ0n) is 21.3. The van der Waals surface area contributed by atoms with Gasteiger partial charge in [-0.2, -0.15) is 0 Å². The second-order valence-electron chi connectivity index (χ2n) is 10.1. The Kier molecular flexibility index (Phi) is 8.06. The van der Waals surface area contributed by atoms with Crippen molar-refractivity contribution in [3.63, 3.8) is 0 Å². The van der Waals surface area contributed by atoms with E-state index in [2.05, 4.69) is 41.4 Å². The molecule has 7 heteroatoms. The Morgan fingerprint density at radius 3 is 2.40 bits per heavy atom. The lowest BCUT2D eigenvalue weighted by Crippen LogP contribution is -2.49. The van der Waals surface area contributed by atoms with Crippen molar-refractivity contribution in [3.8, 4) is 0 Å². The molecule has 0 spiro atoms. The van der Waals surface area contributed by atoms with Crippen molar-refractivity contribution in [1.29, 1.82) is 0 Å². The molecule has 1 aliphatic carbocycles. The van der Waals surface area contributed by atoms with Crippen LogP contribution in [0, 0.1) is 6.92 Å². The topological polar surface area (TPSA) is 74.7 Å². The molecule has 1 atom stereocenters. The molecular formula is C28H38N4O3. The summed E-state index contributed by atoms with van der Waals surface area (Å²) in [6.45, 7) is 9.49. The van der Waals surface area contributed by atoms with Gasteiger partial charge in [-0.05, 0) is 38.7 Å². The second kappa shape index (κ2) is 11.2. The third kappa shape index (κ3) is 6.01. The van der Waals surface area contributed by atoms with Gasteiger partial charge in [0.15, 0.2) is 0 Å². The standard InChI is InChI=1S/C28H38N4O3/c1-4-21(3)29-27(34)24-18-32(23-10-5-6-11-23)19-25(26(24)33)28(35)31-14-12-30(13-15-31)17-22-9-7-8-20(2)16-22/h7-9,16,18-19,21,23H,4-6,10-15,17H2,1-3H3,(H,29,34). The van der Waals surface area contributed by atoms with Gasteiger partial charge in [0.25, 0.3) is 11.8 Å². The molecular weight excluding hydrogens is 440 g/mol. The number of aryl methyl sites for hydroxylation is 1. The maximum atomic E-state index is 13.5. The molecule has 0 radical (unpaired) electrons. The third-order valence-corrected chi connectivity index (χ3v) is 7.40. The average molecular weight is 479 g/mol. The number of benzene rings is 1. The van der Waals surface area contributed by atoms with E-state index in [0.29, 0.717) is 13.1 Å². The Balaban J connectivity index is 1.52. The largest absolute Gasteiger partial charge is 0.349 e. The van der Waals surface area contributed by atoms with Crippen LogP contribution in [0.15, 0.2) is 41.5 Å². The van der Waals surface area contributed by atoms with Gasteiger partial charge in [0.05, 0.1) is 0 Å². The fraction of sp³-hybridized carbons (Fsp3) is 0.536. The van der Waals surface area contributed by atoms with Gasteiger partial charge in [-0.25, -0.2) is 0 Å². The van der Waals surface area contributed by atoms with Gasteiger partial charge in [0.1, 0.15) is 11.1 Å². The Hall–Kier alpha value is -2.93. The van der Waals surface area contributed by atoms with E-state index in [-0.39, 0.29) is 29.1 Å². The molecule has 1 aromatic carbocycles. The summed E-state index contributed by atoms with van der Waals surface area (Å²) < 4.78 is 1.95. The lowest BCUT2D eigenvalue weighted by molar-refractivity contribution is 0.0626. The van der Waals surface area contributed by atoms with Crippen molar-refractivity contribution < 1.29 is 9.59 Å². The average Bonchev–Trinajstić information content (AvgIpc) is 3.39. The van der Waals surface area contributed by atoms with Crippen molar-refractivity contribution in [1.82, 2.24) is 19.7 Å². The number of carbonyl (C=O) groups is 2. The number of carbonyl (C=O) groups excluding carboxylic acids is 2. The van der Waals surface area contributed by atoms with E-state index >= 15 is 0 Å². The number of amides is 2. The Bertz CT molecular complexity index is 1110. The second-order valence-corrected chi connectivity index (χ2v) is 10.1. The van der Waals surface area contributed by atoms with Gasteiger partial charge >= 0.3 is 0 Å². The summed E-state index contributed by atoms with van der Waals surface area (Å²) in [4.78, 5) is 43.9. The number of hydrogen-bond acceptors (Lipinski definition) is 4. The van der Waals surface area contributed by atoms with Crippen molar-refractivity contribution in [2.75, 3.05) is 26.2 Å². The number of pyridine rings is 1. The maximum Gasteiger partial charge on any atom is 0.259 e. The molecule has 2 aromatic rings. The fourth-order valence-electron chi connectivity index (χ4n) is 5.08. The lowest BCUT2D eigenvalue weighted by Gasteiger charge is -2.35. The first-order valence-corrected chi connectivity index (χ1v) is 13.0. The van der Waals surface area contributed by atoms with Crippen molar-refractivity contribution in [2.24, 2.45) is 0 Å². The van der Waals surface area contributed by atoms with E-state index in [1.165, 1.54) is 11.1 Å². The number of nitrogens with zero attached hydrogens (tertiary/aromatic N) is 3. The Labute approximate surface area is 208 Å². The highest BCUT2D eigenvalue weighted by molar-refractivity contribution is 5.99. The highest BCUT2D eigenvalue weighted by Crippen LogP contribution is 2.29. The summed E-state index contributed by atoms with van der Waals surface area (Å²) in [7, 11) is 0. The first-order chi connectivity index (χ1) is 16.9. The molecule has 1 saturated heterocycles. The minimum absolute atomic E-state index is 0.0392. The molecule has 2 heterocycles. The summed E-state index contributed by atoms with van der Waals surface area (Å²) in [5, 5.41) is 2.90. The highest BCUT2D eigenvalue weighted by Gasteiger charge is 2.28. The molecule has 2 aliphatic rings. The van der Waals surface area contributed by atoms with Gasteiger partial charge in [0.2, 0.25) is 5.43 Å². The number of rotatable bonds is 7. The molecule has 1 N–H and O–H groups in total. The molecule has 7 nitrogen and oxygen atoms in total. The summed E-state index contributed by atoms with van der Waals surface area (Å²) in [6, 6.07) is 8.68. The van der Waals surface area contributed by atoms with Crippen molar-refractivity contribution >= 4 is 11.8 Å². The summed E-state index contributed by atoms with van der Waals surface area (Å²) in [6.07, 6.45) is 8.37. The third-order valence-electron chi connectivity index (χ3n) is 7.40. The Morgan fingerprint density at radius 1 is 1.06 bits per heavy atom. The summed E-state index contributed by atoms with van der Waals surface area (Å²) >= 11 is 0. The van der Waals surface area contributed by atoms with E-state index in [4.69, 9.17) is 0 Å². The number of hydrogen-bond donors (Lipinski definition) is 1. The normalized spacial score (nSPS) is 18.0. The molecule has 1 saturated carbocycles. The highest BCUT2D eigenvalue weighted by atomic mass is 16.2. The van der Waals surface area contributed by atoms with Crippen LogP contribution in [0.3, 0.4) is 0 Å². The monoisotopic (exact) mass is 478 g/mol. The van der Waals surface area contributed by atoms with Crippen LogP contribution in [0.2, 0.25) is 0 Å². The zero-order chi connectivity index (χ0) is 24.9. The smallest absolute Gasteiger partial charge is 0.259 e. The Morgan fingerprint density at radius 2 is 1.74 bits per heavy atom. The van der Waals surface area contributed by atoms with E-state index in [1.54, 1.807) is 17.3 Å². The van der Waals surface area contributed by atoms with Crippen LogP contribution in [-0.2, 0) is 6.54 Å². The van der Waals surface area contributed by atoms with Crippen LogP contribution >= 0.6 is 0 Å². The van der Waals surface area contributed by atoms with E-state index in [9.17, 15) is 14.4 Å². The lowest BCUT2D eigenvalue weighted by atomic mass is 10.1. The molecule has 1 aliphatic heterocycles. The number of nitrogens with one attached hydrogen (secondary N) is 1. The van der Waals surface area contributed by atoms with Crippen LogP contribution < -0.4 is 10.7 Å². The first kappa shape index (κ1) is 25.2. The SMILES string of the molecule is CCC(C)NC(=O)c1cn(C2CCCC2)cc(C(=O)N2CCN(Cc3cccc(C)c3)CC2)c1=O. The predicted octanol–water partition coefficient (Wildman–Crippen LogP) is 3.76. The minimum atomic E-state index is -0.466. The van der Waals surface area contributed by atoms with Gasteiger partial charge in [-0.1, -0.05) is 49.6 Å². The van der Waals surface area contributed by atoms with Crippen LogP contribution in [0.25, 0.3) is 0 Å². The first-order valence-electron chi connectivity index (χ1n) is 13.0. The molecule has 4 rings (SSSR count). The minimum Gasteiger partial charge on any atom is -0.349 e. The van der Waals surface area contributed by atoms with E-state index < -0.39 is 11.3 Å². The van der Waals surface area contributed by atoms with Crippen LogP contribution in [0.5, 0.6) is 0 Å². The van der Waals surface area contributed by atoms with Gasteiger partial charge in [-0.15, -0.1) is 0 Å². The molecule has 1 aromatic heterocycles. The van der Waals surface area contributed by atoms with Crippen LogP contribution in [0.1, 0.15) is 83.8 Å². The molecule has 2 fully saturated rings. The number of aromatic nitrogens is 1. The van der Waals surface area contributed by atoms with Gasteiger partial charge in [0, 0.05) is 57.2 Å². The van der Waals surface area contributed by atoms with Crippen LogP contribution in [0.4, 0.5) is 0 Å². The van der Waals surface area contributed by atoms with Crippen LogP contribution in [-0.4, -0.2) is 58.4 Å². The van der Waals surface area contributed by atoms with E-state index in [1.807, 2.05) is 18.4 Å². The fourth-order valence-corrected chi connectivity index (χ4v) is 5.08. The number of piperazine rings is 1. The predicted molar refractivity (Wildman–Crippen MR) is 138 cm³/mol. The zero-order valence-corrected chi connectivity index (χ0v) is 21.3. The molecule has 188 valence electrons. The molecule has 1 unspecified atom stereocenters. The quantitative estimate of drug-likeness (QED) is 0.658. The molecule has 2 amide bonds. The van der Waals surface area contributed by atoms with Gasteiger partial charge < -0.3 is 14.8 Å². The molecule has 35 heavy (non-hydrogen) atoms. The molecule has 0 bridgehead atoms. The van der Waals surface area contributed by atoms with E-state index in [0.717, 1.165) is 51.7 Å². The summed E-state index contributed by atoms with van der Waals surface area (Å²) in [5.74, 6) is -0.663. The maximum absolute atomic E-state index is 13.5. The van der Waals surface area contributed by atoms with Crippen molar-refractivity contribution in [2.45, 2.75) is 71.5 Å². The summed E-state index contributed by atoms with van der Waals surface area (Å²) in [5.41, 5.74) is 2.23. The van der Waals surface area contributed by atoms with Gasteiger partial charge in [-0.3, -0.25) is 19.3 Å². The van der Waals surface area contributed by atoms with Crippen molar-refractivity contribution in [3.05, 3.63) is 69.1 Å².